The van der Waals surface area contributed by atoms with Gasteiger partial charge in [0, 0.05) is 19.1 Å². The molecule has 3 N–H and O–H groups in total. The van der Waals surface area contributed by atoms with Gasteiger partial charge in [-0.15, -0.1) is 0 Å². The van der Waals surface area contributed by atoms with E-state index in [4.69, 9.17) is 20.3 Å². The number of carbonyl (C=O) groups is 1. The standard InChI is InChI=1S/C15H25NO4/c1-2-19-15-11(7-4-8-17)12(10-5-3-6-10)9-13(20-15)14(16)18/h9-12,15,17H,2-8H2,1H3,(H2,16,18)/t11-,12+,15+/m1/s1. The van der Waals surface area contributed by atoms with Crippen LogP contribution in [0.1, 0.15) is 39.0 Å². The highest BCUT2D eigenvalue weighted by Gasteiger charge is 2.41. The number of hydrogen-bond donors (Lipinski definition) is 2. The molecule has 1 saturated carbocycles. The van der Waals surface area contributed by atoms with Crippen molar-refractivity contribution in [1.29, 1.82) is 0 Å². The van der Waals surface area contributed by atoms with Crippen molar-refractivity contribution >= 4 is 5.91 Å². The summed E-state index contributed by atoms with van der Waals surface area (Å²) in [6.07, 6.45) is 6.64. The van der Waals surface area contributed by atoms with Gasteiger partial charge in [-0.05, 0) is 50.5 Å². The number of rotatable bonds is 7. The Hall–Kier alpha value is -1.07. The molecule has 0 aromatic rings. The van der Waals surface area contributed by atoms with Crippen molar-refractivity contribution in [2.24, 2.45) is 23.5 Å². The van der Waals surface area contributed by atoms with Gasteiger partial charge in [0.1, 0.15) is 0 Å². The number of nitrogens with two attached hydrogens (primary N) is 1. The van der Waals surface area contributed by atoms with Crippen LogP contribution in [0.15, 0.2) is 11.8 Å². The number of hydrogen-bond acceptors (Lipinski definition) is 4. The number of aliphatic hydroxyl groups excluding tert-OH is 1. The fourth-order valence-corrected chi connectivity index (χ4v) is 3.16. The van der Waals surface area contributed by atoms with Crippen molar-refractivity contribution in [2.45, 2.75) is 45.3 Å². The Morgan fingerprint density at radius 1 is 1.55 bits per heavy atom. The van der Waals surface area contributed by atoms with E-state index in [1.165, 1.54) is 19.3 Å². The van der Waals surface area contributed by atoms with Gasteiger partial charge in [-0.25, -0.2) is 0 Å². The van der Waals surface area contributed by atoms with E-state index in [0.29, 0.717) is 12.5 Å². The van der Waals surface area contributed by atoms with Crippen molar-refractivity contribution in [1.82, 2.24) is 0 Å². The van der Waals surface area contributed by atoms with Crippen LogP contribution < -0.4 is 5.73 Å². The fourth-order valence-electron chi connectivity index (χ4n) is 3.16. The molecule has 20 heavy (non-hydrogen) atoms. The van der Waals surface area contributed by atoms with Gasteiger partial charge in [0.2, 0.25) is 6.29 Å². The van der Waals surface area contributed by atoms with Crippen molar-refractivity contribution in [3.63, 3.8) is 0 Å². The molecule has 5 heteroatoms. The molecule has 0 spiro atoms. The third kappa shape index (κ3) is 3.33. The van der Waals surface area contributed by atoms with E-state index in [1.807, 2.05) is 13.0 Å². The lowest BCUT2D eigenvalue weighted by Gasteiger charge is -2.43. The molecular weight excluding hydrogens is 258 g/mol. The first kappa shape index (κ1) is 15.3. The van der Waals surface area contributed by atoms with Crippen LogP contribution in [0.5, 0.6) is 0 Å². The lowest BCUT2D eigenvalue weighted by Crippen LogP contribution is -2.42. The topological polar surface area (TPSA) is 81.8 Å². The third-order valence-electron chi connectivity index (χ3n) is 4.39. The molecule has 1 aliphatic carbocycles. The molecule has 0 unspecified atom stereocenters. The predicted octanol–water partition coefficient (Wildman–Crippen LogP) is 1.55. The first-order valence-corrected chi connectivity index (χ1v) is 7.58. The molecule has 3 atom stereocenters. The molecule has 0 bridgehead atoms. The average Bonchev–Trinajstić information content (AvgIpc) is 2.35. The molecule has 1 amide bonds. The maximum atomic E-state index is 11.4. The smallest absolute Gasteiger partial charge is 0.283 e. The number of allylic oxidation sites excluding steroid dienone is 1. The summed E-state index contributed by atoms with van der Waals surface area (Å²) in [6.45, 7) is 2.61. The molecule has 0 saturated heterocycles. The van der Waals surface area contributed by atoms with Gasteiger partial charge < -0.3 is 20.3 Å². The zero-order chi connectivity index (χ0) is 14.5. The zero-order valence-corrected chi connectivity index (χ0v) is 12.1. The summed E-state index contributed by atoms with van der Waals surface area (Å²) >= 11 is 0. The lowest BCUT2D eigenvalue weighted by atomic mass is 9.68. The largest absolute Gasteiger partial charge is 0.459 e. The summed E-state index contributed by atoms with van der Waals surface area (Å²) in [6, 6.07) is 0. The van der Waals surface area contributed by atoms with Gasteiger partial charge >= 0.3 is 0 Å². The van der Waals surface area contributed by atoms with E-state index in [9.17, 15) is 4.79 Å². The Morgan fingerprint density at radius 3 is 2.80 bits per heavy atom. The molecule has 2 rings (SSSR count). The molecule has 1 heterocycles. The second kappa shape index (κ2) is 7.09. The summed E-state index contributed by atoms with van der Waals surface area (Å²) in [5.41, 5.74) is 5.37. The summed E-state index contributed by atoms with van der Waals surface area (Å²) in [4.78, 5) is 11.4. The number of aliphatic hydroxyl groups is 1. The van der Waals surface area contributed by atoms with E-state index in [1.54, 1.807) is 0 Å². The maximum Gasteiger partial charge on any atom is 0.283 e. The van der Waals surface area contributed by atoms with Gasteiger partial charge in [-0.2, -0.15) is 0 Å². The Balaban J connectivity index is 2.18. The summed E-state index contributed by atoms with van der Waals surface area (Å²) < 4.78 is 11.3. The SMILES string of the molecule is CCO[C@H]1OC(C(N)=O)=C[C@@H](C2CCC2)[C@H]1CCCO. The fraction of sp³-hybridized carbons (Fsp3) is 0.800. The van der Waals surface area contributed by atoms with Crippen molar-refractivity contribution in [3.8, 4) is 0 Å². The summed E-state index contributed by atoms with van der Waals surface area (Å²) in [5, 5.41) is 9.08. The quantitative estimate of drug-likeness (QED) is 0.743. The van der Waals surface area contributed by atoms with Crippen LogP contribution in [0, 0.1) is 17.8 Å². The molecule has 1 fully saturated rings. The van der Waals surface area contributed by atoms with Crippen LogP contribution in [-0.2, 0) is 14.3 Å². The number of ether oxygens (including phenoxy) is 2. The van der Waals surface area contributed by atoms with Crippen molar-refractivity contribution < 1.29 is 19.4 Å². The van der Waals surface area contributed by atoms with E-state index < -0.39 is 12.2 Å². The zero-order valence-electron chi connectivity index (χ0n) is 12.1. The average molecular weight is 283 g/mol. The van der Waals surface area contributed by atoms with Crippen LogP contribution in [0.25, 0.3) is 0 Å². The first-order valence-electron chi connectivity index (χ1n) is 7.58. The normalized spacial score (nSPS) is 30.3. The van der Waals surface area contributed by atoms with Crippen LogP contribution in [-0.4, -0.2) is 30.5 Å². The first-order chi connectivity index (χ1) is 9.67. The van der Waals surface area contributed by atoms with Gasteiger partial charge in [0.05, 0.1) is 0 Å². The highest BCUT2D eigenvalue weighted by molar-refractivity contribution is 5.90. The van der Waals surface area contributed by atoms with Gasteiger partial charge in [-0.1, -0.05) is 6.42 Å². The highest BCUT2D eigenvalue weighted by atomic mass is 16.7. The van der Waals surface area contributed by atoms with E-state index in [2.05, 4.69) is 0 Å². The molecule has 114 valence electrons. The molecular formula is C15H25NO4. The van der Waals surface area contributed by atoms with Crippen molar-refractivity contribution in [2.75, 3.05) is 13.2 Å². The minimum absolute atomic E-state index is 0.166. The van der Waals surface area contributed by atoms with Crippen LogP contribution >= 0.6 is 0 Å². The van der Waals surface area contributed by atoms with Gasteiger partial charge in [-0.3, -0.25) is 4.79 Å². The summed E-state index contributed by atoms with van der Waals surface area (Å²) in [5.74, 6) is 0.749. The Morgan fingerprint density at radius 2 is 2.30 bits per heavy atom. The van der Waals surface area contributed by atoms with Crippen LogP contribution in [0.3, 0.4) is 0 Å². The van der Waals surface area contributed by atoms with Crippen LogP contribution in [0.4, 0.5) is 0 Å². The van der Waals surface area contributed by atoms with Gasteiger partial charge in [0.15, 0.2) is 5.76 Å². The molecule has 0 aromatic carbocycles. The molecule has 2 aliphatic rings. The predicted molar refractivity (Wildman–Crippen MR) is 74.4 cm³/mol. The second-order valence-corrected chi connectivity index (χ2v) is 5.63. The molecule has 0 aromatic heterocycles. The second-order valence-electron chi connectivity index (χ2n) is 5.63. The molecule has 1 aliphatic heterocycles. The summed E-state index contributed by atoms with van der Waals surface area (Å²) in [7, 11) is 0. The maximum absolute atomic E-state index is 11.4. The minimum atomic E-state index is -0.528. The van der Waals surface area contributed by atoms with Gasteiger partial charge in [0.25, 0.3) is 5.91 Å². The Labute approximate surface area is 120 Å². The third-order valence-corrected chi connectivity index (χ3v) is 4.39. The monoisotopic (exact) mass is 283 g/mol. The van der Waals surface area contributed by atoms with E-state index in [-0.39, 0.29) is 24.2 Å². The number of carbonyl (C=O) groups excluding carboxylic acids is 1. The molecule has 0 radical (unpaired) electrons. The Bertz CT molecular complexity index is 365. The van der Waals surface area contributed by atoms with E-state index >= 15 is 0 Å². The van der Waals surface area contributed by atoms with Crippen molar-refractivity contribution in [3.05, 3.63) is 11.8 Å². The lowest BCUT2D eigenvalue weighted by molar-refractivity contribution is -0.177. The van der Waals surface area contributed by atoms with Crippen LogP contribution in [0.2, 0.25) is 0 Å². The molecule has 5 nitrogen and oxygen atoms in total. The number of amides is 1. The number of primary amides is 1. The highest BCUT2D eigenvalue weighted by Crippen LogP contribution is 2.44. The minimum Gasteiger partial charge on any atom is -0.459 e. The Kier molecular flexibility index (Phi) is 5.43. The van der Waals surface area contributed by atoms with E-state index in [0.717, 1.165) is 12.8 Å².